The summed E-state index contributed by atoms with van der Waals surface area (Å²) in [6.45, 7) is 2.38. The summed E-state index contributed by atoms with van der Waals surface area (Å²) in [7, 11) is -3.29. The SMILES string of the molecule is Cc1ccnc(OC[C@@H]2CCS(=O)(=O)C23CN(C(=O)c2ccco2)C3)n1. The Bertz CT molecular complexity index is 920. The van der Waals surface area contributed by atoms with Crippen LogP contribution in [0.1, 0.15) is 22.7 Å². The molecule has 1 atom stereocenters. The van der Waals surface area contributed by atoms with Crippen LogP contribution in [-0.4, -0.2) is 59.4 Å². The predicted molar refractivity (Wildman–Crippen MR) is 91.5 cm³/mol. The van der Waals surface area contributed by atoms with Gasteiger partial charge in [0.25, 0.3) is 5.91 Å². The molecule has 0 aromatic carbocycles. The summed E-state index contributed by atoms with van der Waals surface area (Å²) in [5.74, 6) is -0.156. The van der Waals surface area contributed by atoms with Crippen LogP contribution in [0.3, 0.4) is 0 Å². The molecule has 2 aromatic rings. The number of carbonyl (C=O) groups excluding carboxylic acids is 1. The summed E-state index contributed by atoms with van der Waals surface area (Å²) in [4.78, 5) is 22.1. The Morgan fingerprint density at radius 2 is 2.23 bits per heavy atom. The van der Waals surface area contributed by atoms with Crippen LogP contribution >= 0.6 is 0 Å². The highest BCUT2D eigenvalue weighted by atomic mass is 32.2. The van der Waals surface area contributed by atoms with Gasteiger partial charge >= 0.3 is 6.01 Å². The number of nitrogens with zero attached hydrogens (tertiary/aromatic N) is 3. The summed E-state index contributed by atoms with van der Waals surface area (Å²) >= 11 is 0. The first kappa shape index (κ1) is 17.0. The maximum atomic E-state index is 12.6. The van der Waals surface area contributed by atoms with Crippen LogP contribution in [0, 0.1) is 12.8 Å². The van der Waals surface area contributed by atoms with Crippen molar-refractivity contribution in [3.8, 4) is 6.01 Å². The molecule has 9 heteroatoms. The van der Waals surface area contributed by atoms with Crippen molar-refractivity contribution >= 4 is 15.7 Å². The zero-order chi connectivity index (χ0) is 18.4. The molecule has 0 saturated carbocycles. The zero-order valence-corrected chi connectivity index (χ0v) is 15.1. The number of hydrogen-bond acceptors (Lipinski definition) is 7. The van der Waals surface area contributed by atoms with Crippen molar-refractivity contribution in [2.24, 2.45) is 5.92 Å². The van der Waals surface area contributed by atoms with Crippen molar-refractivity contribution in [1.82, 2.24) is 14.9 Å². The van der Waals surface area contributed by atoms with E-state index in [1.807, 2.05) is 6.92 Å². The van der Waals surface area contributed by atoms with Crippen molar-refractivity contribution in [3.05, 3.63) is 42.1 Å². The van der Waals surface area contributed by atoms with Gasteiger partial charge in [-0.2, -0.15) is 0 Å². The molecule has 0 N–H and O–H groups in total. The molecule has 2 aliphatic heterocycles. The molecule has 4 rings (SSSR count). The lowest BCUT2D eigenvalue weighted by Crippen LogP contribution is -2.68. The van der Waals surface area contributed by atoms with Crippen LogP contribution in [-0.2, 0) is 9.84 Å². The number of rotatable bonds is 4. The van der Waals surface area contributed by atoms with Crippen molar-refractivity contribution in [2.75, 3.05) is 25.4 Å². The van der Waals surface area contributed by atoms with Gasteiger partial charge in [0.05, 0.1) is 18.6 Å². The van der Waals surface area contributed by atoms with Gasteiger partial charge in [0.1, 0.15) is 4.75 Å². The van der Waals surface area contributed by atoms with Crippen LogP contribution in [0.15, 0.2) is 35.1 Å². The third-order valence-electron chi connectivity index (χ3n) is 5.22. The molecule has 2 aromatic heterocycles. The van der Waals surface area contributed by atoms with Gasteiger partial charge in [-0.15, -0.1) is 0 Å². The van der Waals surface area contributed by atoms with E-state index in [0.29, 0.717) is 6.42 Å². The Morgan fingerprint density at radius 3 is 2.92 bits per heavy atom. The van der Waals surface area contributed by atoms with Gasteiger partial charge in [0.2, 0.25) is 0 Å². The molecular weight excluding hydrogens is 358 g/mol. The Balaban J connectivity index is 1.47. The topological polar surface area (TPSA) is 103 Å². The first-order valence-electron chi connectivity index (χ1n) is 8.39. The van der Waals surface area contributed by atoms with Crippen molar-refractivity contribution in [1.29, 1.82) is 0 Å². The van der Waals surface area contributed by atoms with E-state index in [-0.39, 0.29) is 49.0 Å². The molecule has 0 bridgehead atoms. The van der Waals surface area contributed by atoms with E-state index in [1.165, 1.54) is 11.2 Å². The zero-order valence-electron chi connectivity index (χ0n) is 14.3. The quantitative estimate of drug-likeness (QED) is 0.786. The van der Waals surface area contributed by atoms with E-state index in [2.05, 4.69) is 9.97 Å². The Kier molecular flexibility index (Phi) is 3.98. The van der Waals surface area contributed by atoms with Gasteiger partial charge in [-0.3, -0.25) is 4.79 Å². The summed E-state index contributed by atoms with van der Waals surface area (Å²) < 4.78 is 35.1. The number of ether oxygens (including phenoxy) is 1. The maximum absolute atomic E-state index is 12.6. The summed E-state index contributed by atoms with van der Waals surface area (Å²) in [6.07, 6.45) is 3.54. The largest absolute Gasteiger partial charge is 0.463 e. The molecule has 1 amide bonds. The molecule has 0 radical (unpaired) electrons. The van der Waals surface area contributed by atoms with E-state index in [4.69, 9.17) is 9.15 Å². The third kappa shape index (κ3) is 2.66. The normalized spacial score (nSPS) is 23.0. The highest BCUT2D eigenvalue weighted by Crippen LogP contribution is 2.45. The number of aromatic nitrogens is 2. The second-order valence-electron chi connectivity index (χ2n) is 6.80. The van der Waals surface area contributed by atoms with Crippen LogP contribution in [0.5, 0.6) is 6.01 Å². The number of hydrogen-bond donors (Lipinski definition) is 0. The first-order valence-corrected chi connectivity index (χ1v) is 10.0. The van der Waals surface area contributed by atoms with Crippen LogP contribution in [0.25, 0.3) is 0 Å². The monoisotopic (exact) mass is 377 g/mol. The highest BCUT2D eigenvalue weighted by Gasteiger charge is 2.63. The molecule has 26 heavy (non-hydrogen) atoms. The lowest BCUT2D eigenvalue weighted by Gasteiger charge is -2.49. The number of amides is 1. The smallest absolute Gasteiger partial charge is 0.316 e. The fourth-order valence-electron chi connectivity index (χ4n) is 3.68. The van der Waals surface area contributed by atoms with Gasteiger partial charge < -0.3 is 14.1 Å². The number of carbonyl (C=O) groups is 1. The molecule has 4 heterocycles. The number of furan rings is 1. The van der Waals surface area contributed by atoms with E-state index in [1.54, 1.807) is 24.4 Å². The second-order valence-corrected chi connectivity index (χ2v) is 9.25. The van der Waals surface area contributed by atoms with Gasteiger partial charge in [-0.1, -0.05) is 0 Å². The van der Waals surface area contributed by atoms with E-state index in [0.717, 1.165) is 5.69 Å². The van der Waals surface area contributed by atoms with E-state index < -0.39 is 14.6 Å². The average molecular weight is 377 g/mol. The lowest BCUT2D eigenvalue weighted by molar-refractivity contribution is 0.0375. The van der Waals surface area contributed by atoms with Crippen molar-refractivity contribution in [2.45, 2.75) is 18.1 Å². The highest BCUT2D eigenvalue weighted by molar-refractivity contribution is 7.93. The van der Waals surface area contributed by atoms with Gasteiger partial charge in [-0.25, -0.2) is 18.4 Å². The number of likely N-dealkylation sites (tertiary alicyclic amines) is 1. The molecule has 1 spiro atoms. The molecule has 2 saturated heterocycles. The first-order chi connectivity index (χ1) is 12.4. The fraction of sp³-hybridized carbons (Fsp3) is 0.471. The average Bonchev–Trinajstić information content (AvgIpc) is 3.17. The summed E-state index contributed by atoms with van der Waals surface area (Å²) in [5.41, 5.74) is 0.780. The Labute approximate surface area is 151 Å². The summed E-state index contributed by atoms with van der Waals surface area (Å²) in [5, 5.41) is 0. The predicted octanol–water partition coefficient (Wildman–Crippen LogP) is 1.09. The minimum atomic E-state index is -3.29. The Morgan fingerprint density at radius 1 is 1.42 bits per heavy atom. The van der Waals surface area contributed by atoms with E-state index >= 15 is 0 Å². The molecule has 8 nitrogen and oxygen atoms in total. The molecular formula is C17H19N3O5S. The third-order valence-corrected chi connectivity index (χ3v) is 7.82. The fourth-order valence-corrected chi connectivity index (χ4v) is 6.08. The van der Waals surface area contributed by atoms with E-state index in [9.17, 15) is 13.2 Å². The van der Waals surface area contributed by atoms with Crippen molar-refractivity contribution in [3.63, 3.8) is 0 Å². The van der Waals surface area contributed by atoms with Crippen LogP contribution in [0.2, 0.25) is 0 Å². The molecule has 0 aliphatic carbocycles. The number of sulfone groups is 1. The molecule has 138 valence electrons. The van der Waals surface area contributed by atoms with Crippen molar-refractivity contribution < 1.29 is 22.4 Å². The second kappa shape index (κ2) is 6.08. The molecule has 0 unspecified atom stereocenters. The summed E-state index contributed by atoms with van der Waals surface area (Å²) in [6, 6.07) is 5.21. The molecule has 2 fully saturated rings. The van der Waals surface area contributed by atoms with Gasteiger partial charge in [0.15, 0.2) is 15.6 Å². The van der Waals surface area contributed by atoms with Gasteiger partial charge in [0, 0.05) is 30.9 Å². The maximum Gasteiger partial charge on any atom is 0.316 e. The van der Waals surface area contributed by atoms with Crippen LogP contribution in [0.4, 0.5) is 0 Å². The lowest BCUT2D eigenvalue weighted by atomic mass is 9.83. The van der Waals surface area contributed by atoms with Crippen LogP contribution < -0.4 is 4.74 Å². The Hall–Kier alpha value is -2.42. The minimum Gasteiger partial charge on any atom is -0.463 e. The standard InChI is InChI=1S/C17H19N3O5S/c1-12-4-6-18-16(19-12)25-9-13-5-8-26(22,23)17(13)10-20(11-17)15(21)14-3-2-7-24-14/h2-4,6-7,13H,5,8-11H2,1H3/t13-/m0/s1. The molecule has 2 aliphatic rings. The minimum absolute atomic E-state index is 0.110. The number of aryl methyl sites for hydroxylation is 1. The van der Waals surface area contributed by atoms with Gasteiger partial charge in [-0.05, 0) is 31.5 Å².